The lowest BCUT2D eigenvalue weighted by Gasteiger charge is -2.32. The van der Waals surface area contributed by atoms with Crippen LogP contribution >= 0.6 is 11.6 Å². The summed E-state index contributed by atoms with van der Waals surface area (Å²) < 4.78 is 0. The summed E-state index contributed by atoms with van der Waals surface area (Å²) >= 11 is 6.03. The van der Waals surface area contributed by atoms with Crippen LogP contribution in [0.3, 0.4) is 0 Å². The van der Waals surface area contributed by atoms with Gasteiger partial charge in [-0.1, -0.05) is 18.0 Å². The minimum atomic E-state index is 0.437. The van der Waals surface area contributed by atoms with Gasteiger partial charge in [-0.25, -0.2) is 4.98 Å². The molecule has 0 amide bonds. The van der Waals surface area contributed by atoms with Crippen LogP contribution in [-0.4, -0.2) is 11.0 Å². The number of hydrogen-bond donors (Lipinski definition) is 2. The van der Waals surface area contributed by atoms with Crippen molar-refractivity contribution in [2.45, 2.75) is 32.2 Å². The average Bonchev–Trinajstić information content (AvgIpc) is 2.07. The number of aromatic nitrogens is 1. The lowest BCUT2D eigenvalue weighted by atomic mass is 9.80. The van der Waals surface area contributed by atoms with E-state index in [1.165, 1.54) is 19.3 Å². The molecular weight excluding hydrogens is 210 g/mol. The van der Waals surface area contributed by atoms with E-state index in [2.05, 4.69) is 17.2 Å². The first-order valence-electron chi connectivity index (χ1n) is 5.34. The number of pyridine rings is 1. The van der Waals surface area contributed by atoms with Crippen molar-refractivity contribution in [2.24, 2.45) is 5.92 Å². The zero-order chi connectivity index (χ0) is 10.8. The van der Waals surface area contributed by atoms with E-state index in [0.717, 1.165) is 11.7 Å². The van der Waals surface area contributed by atoms with Crippen molar-refractivity contribution in [2.75, 3.05) is 11.1 Å². The summed E-state index contributed by atoms with van der Waals surface area (Å²) in [5.41, 5.74) is 6.18. The highest BCUT2D eigenvalue weighted by atomic mass is 35.5. The molecule has 0 spiro atoms. The second kappa shape index (κ2) is 4.27. The van der Waals surface area contributed by atoms with E-state index < -0.39 is 0 Å². The maximum atomic E-state index is 6.03. The first kappa shape index (κ1) is 10.6. The molecular formula is C11H16ClN3. The number of hydrogen-bond acceptors (Lipinski definition) is 3. The first-order chi connectivity index (χ1) is 7.16. The lowest BCUT2D eigenvalue weighted by molar-refractivity contribution is 0.285. The number of nitrogens with two attached hydrogens (primary N) is 1. The minimum absolute atomic E-state index is 0.437. The van der Waals surface area contributed by atoms with E-state index in [9.17, 15) is 0 Å². The maximum absolute atomic E-state index is 6.03. The highest BCUT2D eigenvalue weighted by Crippen LogP contribution is 2.32. The number of nitrogens with zero attached hydrogens (tertiary/aromatic N) is 1. The molecule has 0 saturated heterocycles. The van der Waals surface area contributed by atoms with Crippen molar-refractivity contribution in [3.63, 3.8) is 0 Å². The molecule has 0 aliphatic heterocycles. The molecule has 3 N–H and O–H groups in total. The Bertz CT molecular complexity index is 350. The Labute approximate surface area is 95.0 Å². The molecule has 0 radical (unpaired) electrons. The van der Waals surface area contributed by atoms with Crippen LogP contribution in [0.25, 0.3) is 0 Å². The van der Waals surface area contributed by atoms with E-state index in [1.54, 1.807) is 12.3 Å². The number of anilines is 2. The molecule has 1 aliphatic rings. The molecule has 15 heavy (non-hydrogen) atoms. The second-order valence-electron chi connectivity index (χ2n) is 4.22. The third-order valence-electron chi connectivity index (χ3n) is 3.08. The summed E-state index contributed by atoms with van der Waals surface area (Å²) in [6.45, 7) is 2.18. The molecule has 4 heteroatoms. The molecule has 1 unspecified atom stereocenters. The van der Waals surface area contributed by atoms with Crippen molar-refractivity contribution in [1.29, 1.82) is 0 Å². The van der Waals surface area contributed by atoms with Gasteiger partial charge in [-0.3, -0.25) is 0 Å². The summed E-state index contributed by atoms with van der Waals surface area (Å²) in [6, 6.07) is 2.16. The Hall–Kier alpha value is -0.960. The zero-order valence-electron chi connectivity index (χ0n) is 8.83. The molecule has 1 aromatic rings. The molecule has 1 saturated carbocycles. The standard InChI is InChI=1S/C11H16ClN3/c1-7(8-3-2-4-8)15-11-10(12)5-9(13)6-14-11/h5-8H,2-4,13H2,1H3,(H,14,15). The normalized spacial score (nSPS) is 18.3. The van der Waals surface area contributed by atoms with Crippen molar-refractivity contribution in [3.05, 3.63) is 17.3 Å². The van der Waals surface area contributed by atoms with Gasteiger partial charge in [-0.05, 0) is 31.7 Å². The molecule has 0 aromatic carbocycles. The minimum Gasteiger partial charge on any atom is -0.397 e. The van der Waals surface area contributed by atoms with Gasteiger partial charge in [0.15, 0.2) is 0 Å². The van der Waals surface area contributed by atoms with Gasteiger partial charge in [0.1, 0.15) is 5.82 Å². The van der Waals surface area contributed by atoms with Crippen molar-refractivity contribution >= 4 is 23.1 Å². The summed E-state index contributed by atoms with van der Waals surface area (Å²) in [6.07, 6.45) is 5.59. The van der Waals surface area contributed by atoms with Crippen LogP contribution in [0.2, 0.25) is 5.02 Å². The Morgan fingerprint density at radius 2 is 2.33 bits per heavy atom. The number of nitrogen functional groups attached to an aromatic ring is 1. The molecule has 2 rings (SSSR count). The third-order valence-corrected chi connectivity index (χ3v) is 3.37. The predicted octanol–water partition coefficient (Wildman–Crippen LogP) is 2.92. The fourth-order valence-corrected chi connectivity index (χ4v) is 2.06. The molecule has 0 bridgehead atoms. The number of rotatable bonds is 3. The summed E-state index contributed by atoms with van der Waals surface area (Å²) in [5.74, 6) is 1.51. The topological polar surface area (TPSA) is 50.9 Å². The van der Waals surface area contributed by atoms with E-state index in [0.29, 0.717) is 16.8 Å². The van der Waals surface area contributed by atoms with Crippen LogP contribution in [0.4, 0.5) is 11.5 Å². The fourth-order valence-electron chi connectivity index (χ4n) is 1.83. The molecule has 1 atom stereocenters. The predicted molar refractivity (Wildman–Crippen MR) is 64.1 cm³/mol. The smallest absolute Gasteiger partial charge is 0.145 e. The highest BCUT2D eigenvalue weighted by Gasteiger charge is 2.24. The zero-order valence-corrected chi connectivity index (χ0v) is 9.59. The van der Waals surface area contributed by atoms with Crippen molar-refractivity contribution < 1.29 is 0 Å². The van der Waals surface area contributed by atoms with Gasteiger partial charge in [0.2, 0.25) is 0 Å². The Morgan fingerprint density at radius 3 is 2.87 bits per heavy atom. The molecule has 1 fully saturated rings. The van der Waals surface area contributed by atoms with Gasteiger partial charge < -0.3 is 11.1 Å². The second-order valence-corrected chi connectivity index (χ2v) is 4.63. The van der Waals surface area contributed by atoms with Gasteiger partial charge in [-0.15, -0.1) is 0 Å². The van der Waals surface area contributed by atoms with Gasteiger partial charge in [0.25, 0.3) is 0 Å². The Kier molecular flexibility index (Phi) is 3.00. The lowest BCUT2D eigenvalue weighted by Crippen LogP contribution is -2.31. The Morgan fingerprint density at radius 1 is 1.60 bits per heavy atom. The SMILES string of the molecule is CC(Nc1ncc(N)cc1Cl)C1CCC1. The first-order valence-corrected chi connectivity index (χ1v) is 5.72. The van der Waals surface area contributed by atoms with E-state index in [1.807, 2.05) is 0 Å². The van der Waals surface area contributed by atoms with Crippen LogP contribution in [0.1, 0.15) is 26.2 Å². The van der Waals surface area contributed by atoms with Crippen LogP contribution in [-0.2, 0) is 0 Å². The van der Waals surface area contributed by atoms with Gasteiger partial charge in [0, 0.05) is 6.04 Å². The number of nitrogens with one attached hydrogen (secondary N) is 1. The quantitative estimate of drug-likeness (QED) is 0.832. The monoisotopic (exact) mass is 225 g/mol. The largest absolute Gasteiger partial charge is 0.397 e. The molecule has 82 valence electrons. The third kappa shape index (κ3) is 2.34. The average molecular weight is 226 g/mol. The van der Waals surface area contributed by atoms with Gasteiger partial charge in [0.05, 0.1) is 16.9 Å². The molecule has 1 aliphatic carbocycles. The fraction of sp³-hybridized carbons (Fsp3) is 0.545. The Balaban J connectivity index is 2.03. The van der Waals surface area contributed by atoms with Crippen LogP contribution in [0.15, 0.2) is 12.3 Å². The maximum Gasteiger partial charge on any atom is 0.145 e. The van der Waals surface area contributed by atoms with Crippen LogP contribution in [0, 0.1) is 5.92 Å². The van der Waals surface area contributed by atoms with Gasteiger partial charge in [-0.2, -0.15) is 0 Å². The summed E-state index contributed by atoms with van der Waals surface area (Å²) in [4.78, 5) is 4.19. The van der Waals surface area contributed by atoms with Gasteiger partial charge >= 0.3 is 0 Å². The number of halogens is 1. The molecule has 1 heterocycles. The van der Waals surface area contributed by atoms with E-state index in [-0.39, 0.29) is 0 Å². The van der Waals surface area contributed by atoms with Crippen LogP contribution in [0.5, 0.6) is 0 Å². The van der Waals surface area contributed by atoms with Crippen LogP contribution < -0.4 is 11.1 Å². The summed E-state index contributed by atoms with van der Waals surface area (Å²) in [7, 11) is 0. The summed E-state index contributed by atoms with van der Waals surface area (Å²) in [5, 5.41) is 3.94. The highest BCUT2D eigenvalue weighted by molar-refractivity contribution is 6.33. The van der Waals surface area contributed by atoms with E-state index >= 15 is 0 Å². The molecule has 3 nitrogen and oxygen atoms in total. The van der Waals surface area contributed by atoms with Crippen molar-refractivity contribution in [3.8, 4) is 0 Å². The molecule has 1 aromatic heterocycles. The van der Waals surface area contributed by atoms with E-state index in [4.69, 9.17) is 17.3 Å². The van der Waals surface area contributed by atoms with Crippen molar-refractivity contribution in [1.82, 2.24) is 4.98 Å².